The van der Waals surface area contributed by atoms with Crippen LogP contribution < -0.4 is 20.5 Å². The van der Waals surface area contributed by atoms with Gasteiger partial charge in [0.05, 0.1) is 27.4 Å². The molecule has 1 saturated heterocycles. The van der Waals surface area contributed by atoms with E-state index in [1.165, 1.54) is 0 Å². The van der Waals surface area contributed by atoms with Crippen molar-refractivity contribution in [3.05, 3.63) is 18.2 Å². The molecule has 5 nitrogen and oxygen atoms in total. The molecule has 96 valence electrons. The maximum Gasteiger partial charge on any atom is 0.162 e. The van der Waals surface area contributed by atoms with Crippen LogP contribution in [0.5, 0.6) is 11.5 Å². The topological polar surface area (TPSA) is 65.7 Å². The number of nitrogens with one attached hydrogen (secondary N) is 1. The fraction of sp³-hybridized carbons (Fsp3) is 0.500. The molecule has 0 spiro atoms. The molecule has 0 radical (unpaired) electrons. The summed E-state index contributed by atoms with van der Waals surface area (Å²) in [6.45, 7) is 3.83. The summed E-state index contributed by atoms with van der Waals surface area (Å²) in [5.74, 6) is 1.36. The second-order valence-electron chi connectivity index (χ2n) is 3.48. The van der Waals surface area contributed by atoms with E-state index >= 15 is 0 Å². The molecule has 1 aliphatic rings. The number of rotatable bonds is 2. The summed E-state index contributed by atoms with van der Waals surface area (Å²) in [5, 5.41) is 3.16. The zero-order valence-electron chi connectivity index (χ0n) is 10.4. The lowest BCUT2D eigenvalue weighted by molar-refractivity contribution is 0.109. The number of hydrogen-bond acceptors (Lipinski definition) is 5. The predicted molar refractivity (Wildman–Crippen MR) is 67.6 cm³/mol. The predicted octanol–water partition coefficient (Wildman–Crippen LogP) is 0.892. The van der Waals surface area contributed by atoms with Crippen molar-refractivity contribution in [2.24, 2.45) is 0 Å². The minimum absolute atomic E-state index is 0.660. The highest BCUT2D eigenvalue weighted by atomic mass is 16.5. The van der Waals surface area contributed by atoms with Gasteiger partial charge in [-0.3, -0.25) is 0 Å². The zero-order valence-corrected chi connectivity index (χ0v) is 10.4. The number of anilines is 1. The van der Waals surface area contributed by atoms with Crippen LogP contribution in [0.3, 0.4) is 0 Å². The van der Waals surface area contributed by atoms with Gasteiger partial charge in [0.15, 0.2) is 11.5 Å². The first-order valence-electron chi connectivity index (χ1n) is 5.54. The Labute approximate surface area is 102 Å². The largest absolute Gasteiger partial charge is 0.493 e. The summed E-state index contributed by atoms with van der Waals surface area (Å²) < 4.78 is 15.0. The number of methoxy groups -OCH3 is 2. The summed E-state index contributed by atoms with van der Waals surface area (Å²) in [5.41, 5.74) is 6.19. The lowest BCUT2D eigenvalue weighted by Gasteiger charge is -2.10. The summed E-state index contributed by atoms with van der Waals surface area (Å²) in [6.07, 6.45) is 0. The van der Waals surface area contributed by atoms with Crippen molar-refractivity contribution in [2.75, 3.05) is 46.3 Å². The van der Waals surface area contributed by atoms with E-state index in [1.807, 2.05) is 0 Å². The van der Waals surface area contributed by atoms with E-state index < -0.39 is 0 Å². The van der Waals surface area contributed by atoms with Crippen molar-refractivity contribution >= 4 is 5.69 Å². The average Bonchev–Trinajstić information content (AvgIpc) is 2.41. The van der Waals surface area contributed by atoms with Crippen LogP contribution in [0.2, 0.25) is 0 Å². The Morgan fingerprint density at radius 2 is 1.76 bits per heavy atom. The molecule has 3 N–H and O–H groups in total. The van der Waals surface area contributed by atoms with Crippen LogP contribution in [0.15, 0.2) is 18.2 Å². The molecule has 0 aliphatic carbocycles. The van der Waals surface area contributed by atoms with E-state index in [0.717, 1.165) is 26.3 Å². The highest BCUT2D eigenvalue weighted by Gasteiger charge is 2.01. The second kappa shape index (κ2) is 7.76. The first kappa shape index (κ1) is 13.6. The van der Waals surface area contributed by atoms with Gasteiger partial charge in [-0.05, 0) is 12.1 Å². The molecule has 1 aromatic rings. The third kappa shape index (κ3) is 4.93. The fourth-order valence-electron chi connectivity index (χ4n) is 1.37. The summed E-state index contributed by atoms with van der Waals surface area (Å²) in [4.78, 5) is 0. The maximum atomic E-state index is 5.52. The molecular weight excluding hydrogens is 220 g/mol. The quantitative estimate of drug-likeness (QED) is 0.752. The van der Waals surface area contributed by atoms with E-state index in [-0.39, 0.29) is 0 Å². The molecule has 1 fully saturated rings. The Morgan fingerprint density at radius 1 is 1.12 bits per heavy atom. The minimum atomic E-state index is 0.660. The Kier molecular flexibility index (Phi) is 6.21. The van der Waals surface area contributed by atoms with Gasteiger partial charge in [-0.15, -0.1) is 0 Å². The smallest absolute Gasteiger partial charge is 0.162 e. The molecule has 1 heterocycles. The van der Waals surface area contributed by atoms with Gasteiger partial charge in [0.2, 0.25) is 0 Å². The number of ether oxygens (including phenoxy) is 3. The van der Waals surface area contributed by atoms with Crippen molar-refractivity contribution in [1.29, 1.82) is 0 Å². The molecule has 0 bridgehead atoms. The van der Waals surface area contributed by atoms with E-state index in [0.29, 0.717) is 17.2 Å². The second-order valence-corrected chi connectivity index (χ2v) is 3.48. The Balaban J connectivity index is 0.000000202. The molecule has 0 saturated carbocycles. The molecular formula is C12H20N2O3. The first-order valence-corrected chi connectivity index (χ1v) is 5.54. The van der Waals surface area contributed by atoms with Gasteiger partial charge in [0.1, 0.15) is 0 Å². The fourth-order valence-corrected chi connectivity index (χ4v) is 1.37. The van der Waals surface area contributed by atoms with Gasteiger partial charge < -0.3 is 25.3 Å². The first-order chi connectivity index (χ1) is 8.27. The molecule has 0 atom stereocenters. The van der Waals surface area contributed by atoms with E-state index in [4.69, 9.17) is 19.9 Å². The SMILES string of the molecule is C1COCCN1.COc1ccc(N)cc1OC. The zero-order chi connectivity index (χ0) is 12.5. The minimum Gasteiger partial charge on any atom is -0.493 e. The number of morpholine rings is 1. The van der Waals surface area contributed by atoms with E-state index in [1.54, 1.807) is 32.4 Å². The highest BCUT2D eigenvalue weighted by molar-refractivity contribution is 5.51. The van der Waals surface area contributed by atoms with Gasteiger partial charge in [-0.25, -0.2) is 0 Å². The molecule has 1 aliphatic heterocycles. The third-order valence-electron chi connectivity index (χ3n) is 2.25. The van der Waals surface area contributed by atoms with E-state index in [9.17, 15) is 0 Å². The van der Waals surface area contributed by atoms with Crippen LogP contribution in [0, 0.1) is 0 Å². The normalized spacial score (nSPS) is 14.5. The van der Waals surface area contributed by atoms with Crippen molar-refractivity contribution in [3.63, 3.8) is 0 Å². The Bertz CT molecular complexity index is 316. The van der Waals surface area contributed by atoms with Gasteiger partial charge in [-0.2, -0.15) is 0 Å². The van der Waals surface area contributed by atoms with Gasteiger partial charge in [0, 0.05) is 24.8 Å². The van der Waals surface area contributed by atoms with Gasteiger partial charge in [0.25, 0.3) is 0 Å². The lowest BCUT2D eigenvalue weighted by Crippen LogP contribution is -2.30. The van der Waals surface area contributed by atoms with E-state index in [2.05, 4.69) is 5.32 Å². The number of nitrogen functional groups attached to an aromatic ring is 1. The van der Waals surface area contributed by atoms with Crippen molar-refractivity contribution < 1.29 is 14.2 Å². The highest BCUT2D eigenvalue weighted by Crippen LogP contribution is 2.28. The summed E-state index contributed by atoms with van der Waals surface area (Å²) in [6, 6.07) is 5.26. The van der Waals surface area contributed by atoms with Crippen LogP contribution in [0.25, 0.3) is 0 Å². The van der Waals surface area contributed by atoms with Crippen molar-refractivity contribution in [3.8, 4) is 11.5 Å². The number of benzene rings is 1. The lowest BCUT2D eigenvalue weighted by atomic mass is 10.3. The molecule has 5 heteroatoms. The summed E-state index contributed by atoms with van der Waals surface area (Å²) in [7, 11) is 3.17. The average molecular weight is 240 g/mol. The van der Waals surface area contributed by atoms with Crippen LogP contribution in [0.4, 0.5) is 5.69 Å². The van der Waals surface area contributed by atoms with Gasteiger partial charge in [-0.1, -0.05) is 0 Å². The standard InChI is InChI=1S/C8H11NO2.C4H9NO/c1-10-7-4-3-6(9)5-8(7)11-2;1-3-6-4-2-5-1/h3-5H,9H2,1-2H3;5H,1-4H2. The number of nitrogens with two attached hydrogens (primary N) is 1. The Hall–Kier alpha value is -1.46. The van der Waals surface area contributed by atoms with Crippen LogP contribution >= 0.6 is 0 Å². The molecule has 0 unspecified atom stereocenters. The maximum absolute atomic E-state index is 5.52. The van der Waals surface area contributed by atoms with Crippen LogP contribution in [-0.2, 0) is 4.74 Å². The van der Waals surface area contributed by atoms with Crippen molar-refractivity contribution in [2.45, 2.75) is 0 Å². The van der Waals surface area contributed by atoms with Crippen molar-refractivity contribution in [1.82, 2.24) is 5.32 Å². The molecule has 17 heavy (non-hydrogen) atoms. The van der Waals surface area contributed by atoms with Crippen LogP contribution in [-0.4, -0.2) is 40.5 Å². The van der Waals surface area contributed by atoms with Crippen LogP contribution in [0.1, 0.15) is 0 Å². The number of hydrogen-bond donors (Lipinski definition) is 2. The third-order valence-corrected chi connectivity index (χ3v) is 2.25. The van der Waals surface area contributed by atoms with Gasteiger partial charge >= 0.3 is 0 Å². The molecule has 1 aromatic carbocycles. The Morgan fingerprint density at radius 3 is 2.18 bits per heavy atom. The summed E-state index contributed by atoms with van der Waals surface area (Å²) >= 11 is 0. The molecule has 0 amide bonds. The molecule has 0 aromatic heterocycles. The monoisotopic (exact) mass is 240 g/mol. The molecule has 2 rings (SSSR count).